The average Bonchev–Trinajstić information content (AvgIpc) is 3.02. The highest BCUT2D eigenvalue weighted by Gasteiger charge is 2.27. The van der Waals surface area contributed by atoms with Gasteiger partial charge in [0.2, 0.25) is 0 Å². The zero-order chi connectivity index (χ0) is 10.3. The SMILES string of the molecule is Oc1cccc2c1N(CC1CC1)CCC2. The first-order valence-electron chi connectivity index (χ1n) is 5.90. The third kappa shape index (κ3) is 1.69. The second-order valence-electron chi connectivity index (χ2n) is 4.78. The van der Waals surface area contributed by atoms with E-state index in [-0.39, 0.29) is 0 Å². The third-order valence-corrected chi connectivity index (χ3v) is 3.46. The second kappa shape index (κ2) is 3.44. The van der Waals surface area contributed by atoms with Crippen molar-refractivity contribution in [3.63, 3.8) is 0 Å². The van der Waals surface area contributed by atoms with Crippen molar-refractivity contribution in [2.45, 2.75) is 25.7 Å². The summed E-state index contributed by atoms with van der Waals surface area (Å²) in [6, 6.07) is 5.91. The summed E-state index contributed by atoms with van der Waals surface area (Å²) in [4.78, 5) is 2.38. The van der Waals surface area contributed by atoms with Gasteiger partial charge in [0.15, 0.2) is 0 Å². The van der Waals surface area contributed by atoms with Gasteiger partial charge in [-0.3, -0.25) is 0 Å². The molecule has 0 atom stereocenters. The van der Waals surface area contributed by atoms with Crippen molar-refractivity contribution in [2.75, 3.05) is 18.0 Å². The van der Waals surface area contributed by atoms with Crippen LogP contribution >= 0.6 is 0 Å². The van der Waals surface area contributed by atoms with E-state index in [0.29, 0.717) is 5.75 Å². The number of nitrogens with zero attached hydrogens (tertiary/aromatic N) is 1. The van der Waals surface area contributed by atoms with Gasteiger partial charge >= 0.3 is 0 Å². The molecule has 1 aliphatic carbocycles. The molecule has 3 rings (SSSR count). The van der Waals surface area contributed by atoms with Gasteiger partial charge in [0.25, 0.3) is 0 Å². The number of hydrogen-bond acceptors (Lipinski definition) is 2. The summed E-state index contributed by atoms with van der Waals surface area (Å²) in [5.41, 5.74) is 2.43. The highest BCUT2D eigenvalue weighted by molar-refractivity contribution is 5.64. The van der Waals surface area contributed by atoms with Gasteiger partial charge in [-0.25, -0.2) is 0 Å². The van der Waals surface area contributed by atoms with Gasteiger partial charge in [0.1, 0.15) is 5.75 Å². The number of benzene rings is 1. The topological polar surface area (TPSA) is 23.5 Å². The number of hydrogen-bond donors (Lipinski definition) is 1. The minimum atomic E-state index is 0.466. The van der Waals surface area contributed by atoms with Crippen LogP contribution in [-0.2, 0) is 6.42 Å². The molecule has 1 N–H and O–H groups in total. The molecule has 1 heterocycles. The van der Waals surface area contributed by atoms with Crippen molar-refractivity contribution in [1.82, 2.24) is 0 Å². The Balaban J connectivity index is 1.93. The number of fused-ring (bicyclic) bond motifs is 1. The van der Waals surface area contributed by atoms with Crippen LogP contribution in [0.4, 0.5) is 5.69 Å². The molecule has 1 aromatic carbocycles. The predicted molar refractivity (Wildman–Crippen MR) is 61.4 cm³/mol. The van der Waals surface area contributed by atoms with Crippen molar-refractivity contribution >= 4 is 5.69 Å². The number of para-hydroxylation sites is 1. The molecule has 80 valence electrons. The van der Waals surface area contributed by atoms with Crippen LogP contribution in [0.1, 0.15) is 24.8 Å². The van der Waals surface area contributed by atoms with Gasteiger partial charge in [0, 0.05) is 13.1 Å². The molecule has 0 amide bonds. The van der Waals surface area contributed by atoms with Crippen LogP contribution in [0.25, 0.3) is 0 Å². The first kappa shape index (κ1) is 9.08. The minimum Gasteiger partial charge on any atom is -0.506 e. The number of phenolic OH excluding ortho intramolecular Hbond substituents is 1. The number of aryl methyl sites for hydroxylation is 1. The number of aromatic hydroxyl groups is 1. The predicted octanol–water partition coefficient (Wildman–Crippen LogP) is 2.55. The Bertz CT molecular complexity index is 371. The molecule has 1 fully saturated rings. The van der Waals surface area contributed by atoms with E-state index in [2.05, 4.69) is 11.0 Å². The molecule has 0 saturated heterocycles. The van der Waals surface area contributed by atoms with Gasteiger partial charge in [-0.15, -0.1) is 0 Å². The van der Waals surface area contributed by atoms with Gasteiger partial charge in [-0.1, -0.05) is 12.1 Å². The zero-order valence-corrected chi connectivity index (χ0v) is 8.95. The molecule has 2 nitrogen and oxygen atoms in total. The van der Waals surface area contributed by atoms with E-state index in [4.69, 9.17) is 0 Å². The largest absolute Gasteiger partial charge is 0.506 e. The first-order chi connectivity index (χ1) is 7.34. The zero-order valence-electron chi connectivity index (χ0n) is 8.95. The summed E-state index contributed by atoms with van der Waals surface area (Å²) in [7, 11) is 0. The fraction of sp³-hybridized carbons (Fsp3) is 0.538. The summed E-state index contributed by atoms with van der Waals surface area (Å²) in [6.45, 7) is 2.26. The Labute approximate surface area is 90.5 Å². The summed E-state index contributed by atoms with van der Waals surface area (Å²) < 4.78 is 0. The fourth-order valence-electron chi connectivity index (χ4n) is 2.51. The minimum absolute atomic E-state index is 0.466. The van der Waals surface area contributed by atoms with Gasteiger partial charge in [0.05, 0.1) is 5.69 Å². The Morgan fingerprint density at radius 1 is 1.33 bits per heavy atom. The molecule has 0 bridgehead atoms. The standard InChI is InChI=1S/C13H17NO/c15-12-5-1-3-11-4-2-8-14(13(11)12)9-10-6-7-10/h1,3,5,10,15H,2,4,6-9H2. The van der Waals surface area contributed by atoms with Crippen LogP contribution in [0.2, 0.25) is 0 Å². The van der Waals surface area contributed by atoms with E-state index in [9.17, 15) is 5.11 Å². The van der Waals surface area contributed by atoms with Gasteiger partial charge in [-0.2, -0.15) is 0 Å². The van der Waals surface area contributed by atoms with Crippen molar-refractivity contribution in [2.24, 2.45) is 5.92 Å². The van der Waals surface area contributed by atoms with Crippen molar-refractivity contribution in [3.05, 3.63) is 23.8 Å². The highest BCUT2D eigenvalue weighted by atomic mass is 16.3. The lowest BCUT2D eigenvalue weighted by atomic mass is 10.0. The fourth-order valence-corrected chi connectivity index (χ4v) is 2.51. The summed E-state index contributed by atoms with van der Waals surface area (Å²) in [6.07, 6.45) is 5.09. The maximum Gasteiger partial charge on any atom is 0.139 e. The van der Waals surface area contributed by atoms with Crippen molar-refractivity contribution < 1.29 is 5.11 Å². The maximum atomic E-state index is 9.92. The average molecular weight is 203 g/mol. The Morgan fingerprint density at radius 3 is 3.00 bits per heavy atom. The van der Waals surface area contributed by atoms with Crippen LogP contribution in [0, 0.1) is 5.92 Å². The van der Waals surface area contributed by atoms with E-state index in [1.54, 1.807) is 0 Å². The van der Waals surface area contributed by atoms with Crippen LogP contribution < -0.4 is 4.90 Å². The van der Waals surface area contributed by atoms with E-state index < -0.39 is 0 Å². The van der Waals surface area contributed by atoms with E-state index in [1.165, 1.54) is 24.8 Å². The molecule has 2 heteroatoms. The molecular weight excluding hydrogens is 186 g/mol. The van der Waals surface area contributed by atoms with E-state index in [0.717, 1.165) is 31.1 Å². The second-order valence-corrected chi connectivity index (χ2v) is 4.78. The van der Waals surface area contributed by atoms with Crippen LogP contribution in [-0.4, -0.2) is 18.2 Å². The lowest BCUT2D eigenvalue weighted by molar-refractivity contribution is 0.469. The normalized spacial score (nSPS) is 20.1. The van der Waals surface area contributed by atoms with Gasteiger partial charge in [-0.05, 0) is 43.2 Å². The Kier molecular flexibility index (Phi) is 2.08. The number of anilines is 1. The highest BCUT2D eigenvalue weighted by Crippen LogP contribution is 2.38. The lowest BCUT2D eigenvalue weighted by Crippen LogP contribution is -2.31. The van der Waals surface area contributed by atoms with E-state index >= 15 is 0 Å². The molecule has 0 unspecified atom stereocenters. The third-order valence-electron chi connectivity index (χ3n) is 3.46. The Morgan fingerprint density at radius 2 is 2.20 bits per heavy atom. The van der Waals surface area contributed by atoms with Crippen molar-refractivity contribution in [1.29, 1.82) is 0 Å². The number of rotatable bonds is 2. The smallest absolute Gasteiger partial charge is 0.139 e. The summed E-state index contributed by atoms with van der Waals surface area (Å²) in [5, 5.41) is 9.92. The molecular formula is C13H17NO. The molecule has 0 aromatic heterocycles. The van der Waals surface area contributed by atoms with Crippen molar-refractivity contribution in [3.8, 4) is 5.75 Å². The monoisotopic (exact) mass is 203 g/mol. The Hall–Kier alpha value is -1.18. The molecule has 0 spiro atoms. The van der Waals surface area contributed by atoms with Crippen LogP contribution in [0.15, 0.2) is 18.2 Å². The molecule has 2 aliphatic rings. The molecule has 0 radical (unpaired) electrons. The summed E-state index contributed by atoms with van der Waals surface area (Å²) >= 11 is 0. The molecule has 1 aliphatic heterocycles. The van der Waals surface area contributed by atoms with Gasteiger partial charge < -0.3 is 10.0 Å². The lowest BCUT2D eigenvalue weighted by Gasteiger charge is -2.31. The van der Waals surface area contributed by atoms with Crippen LogP contribution in [0.3, 0.4) is 0 Å². The number of phenols is 1. The molecule has 1 saturated carbocycles. The quantitative estimate of drug-likeness (QED) is 0.798. The van der Waals surface area contributed by atoms with Crippen LogP contribution in [0.5, 0.6) is 5.75 Å². The summed E-state index contributed by atoms with van der Waals surface area (Å²) in [5.74, 6) is 1.35. The molecule has 15 heavy (non-hydrogen) atoms. The first-order valence-corrected chi connectivity index (χ1v) is 5.90. The van der Waals surface area contributed by atoms with E-state index in [1.807, 2.05) is 12.1 Å². The molecule has 1 aromatic rings. The maximum absolute atomic E-state index is 9.92.